The van der Waals surface area contributed by atoms with Crippen LogP contribution in [0.15, 0.2) is 11.8 Å². The van der Waals surface area contributed by atoms with Crippen molar-refractivity contribution in [1.82, 2.24) is 0 Å². The first-order valence-electron chi connectivity index (χ1n) is 3.47. The van der Waals surface area contributed by atoms with Crippen LogP contribution in [-0.4, -0.2) is 6.61 Å². The van der Waals surface area contributed by atoms with Crippen LogP contribution in [0.1, 0.15) is 27.2 Å². The second-order valence-corrected chi connectivity index (χ2v) is 1.74. The largest absolute Gasteiger partial charge is 0.498 e. The standard InChI is InChI=1S/C8H15O/c1-4-7-8(5-2)9-6-3/h5,7H,4,6H2,1-3H3. The molecule has 0 aliphatic heterocycles. The third kappa shape index (κ3) is 4.07. The van der Waals surface area contributed by atoms with Gasteiger partial charge in [-0.15, -0.1) is 0 Å². The van der Waals surface area contributed by atoms with Gasteiger partial charge in [-0.2, -0.15) is 0 Å². The molecule has 0 saturated heterocycles. The first kappa shape index (κ1) is 8.54. The number of rotatable bonds is 4. The minimum absolute atomic E-state index is 0.760. The fourth-order valence-electron chi connectivity index (χ4n) is 0.628. The Hall–Kier alpha value is -0.460. The van der Waals surface area contributed by atoms with E-state index in [2.05, 4.69) is 13.0 Å². The highest BCUT2D eigenvalue weighted by Crippen LogP contribution is 2.01. The zero-order valence-electron chi connectivity index (χ0n) is 6.48. The van der Waals surface area contributed by atoms with Gasteiger partial charge in [-0.1, -0.05) is 13.8 Å². The van der Waals surface area contributed by atoms with Crippen molar-refractivity contribution in [2.45, 2.75) is 27.2 Å². The third-order valence-electron chi connectivity index (χ3n) is 1.00. The Balaban J connectivity index is 3.53. The Morgan fingerprint density at radius 3 is 2.44 bits per heavy atom. The molecule has 0 amide bonds. The second-order valence-electron chi connectivity index (χ2n) is 1.74. The van der Waals surface area contributed by atoms with E-state index in [4.69, 9.17) is 4.74 Å². The predicted molar refractivity (Wildman–Crippen MR) is 40.0 cm³/mol. The molecule has 0 N–H and O–H groups in total. The summed E-state index contributed by atoms with van der Waals surface area (Å²) in [4.78, 5) is 0. The molecule has 53 valence electrons. The van der Waals surface area contributed by atoms with Crippen molar-refractivity contribution in [3.05, 3.63) is 18.3 Å². The van der Waals surface area contributed by atoms with Gasteiger partial charge in [0.05, 0.1) is 12.4 Å². The Morgan fingerprint density at radius 1 is 1.44 bits per heavy atom. The van der Waals surface area contributed by atoms with Crippen molar-refractivity contribution >= 4 is 0 Å². The van der Waals surface area contributed by atoms with Gasteiger partial charge in [-0.05, 0) is 19.4 Å². The molecule has 0 atom stereocenters. The SMILES string of the molecule is C[CH]C(=CCC)OCC. The van der Waals surface area contributed by atoms with E-state index in [0.29, 0.717) is 0 Å². The summed E-state index contributed by atoms with van der Waals surface area (Å²) in [5.41, 5.74) is 0. The number of ether oxygens (including phenoxy) is 1. The first-order valence-corrected chi connectivity index (χ1v) is 3.47. The van der Waals surface area contributed by atoms with Gasteiger partial charge in [0.25, 0.3) is 0 Å². The Labute approximate surface area is 57.7 Å². The van der Waals surface area contributed by atoms with Crippen molar-refractivity contribution in [2.75, 3.05) is 6.61 Å². The molecule has 0 aromatic rings. The molecule has 0 fully saturated rings. The van der Waals surface area contributed by atoms with Gasteiger partial charge in [0.1, 0.15) is 0 Å². The molecule has 0 aromatic heterocycles. The summed E-state index contributed by atoms with van der Waals surface area (Å²) in [6, 6.07) is 0. The van der Waals surface area contributed by atoms with Gasteiger partial charge in [-0.3, -0.25) is 0 Å². The Kier molecular flexibility index (Phi) is 5.38. The van der Waals surface area contributed by atoms with E-state index in [1.807, 2.05) is 20.3 Å². The average molecular weight is 127 g/mol. The fraction of sp³-hybridized carbons (Fsp3) is 0.625. The fourth-order valence-corrected chi connectivity index (χ4v) is 0.628. The molecule has 0 aromatic carbocycles. The summed E-state index contributed by atoms with van der Waals surface area (Å²) in [6.45, 7) is 6.84. The van der Waals surface area contributed by atoms with Crippen LogP contribution in [-0.2, 0) is 4.74 Å². The van der Waals surface area contributed by atoms with Crippen molar-refractivity contribution in [3.63, 3.8) is 0 Å². The zero-order valence-corrected chi connectivity index (χ0v) is 6.48. The number of hydrogen-bond acceptors (Lipinski definition) is 1. The van der Waals surface area contributed by atoms with Gasteiger partial charge in [0.15, 0.2) is 0 Å². The van der Waals surface area contributed by atoms with Crippen molar-refractivity contribution in [1.29, 1.82) is 0 Å². The summed E-state index contributed by atoms with van der Waals surface area (Å²) >= 11 is 0. The van der Waals surface area contributed by atoms with Gasteiger partial charge in [0.2, 0.25) is 0 Å². The molecule has 1 radical (unpaired) electrons. The first-order chi connectivity index (χ1) is 4.35. The molecule has 9 heavy (non-hydrogen) atoms. The van der Waals surface area contributed by atoms with Crippen LogP contribution in [0.5, 0.6) is 0 Å². The molecule has 0 spiro atoms. The topological polar surface area (TPSA) is 9.23 Å². The minimum atomic E-state index is 0.760. The number of allylic oxidation sites excluding steroid dienone is 2. The highest BCUT2D eigenvalue weighted by molar-refractivity contribution is 5.02. The van der Waals surface area contributed by atoms with Gasteiger partial charge < -0.3 is 4.74 Å². The highest BCUT2D eigenvalue weighted by atomic mass is 16.5. The van der Waals surface area contributed by atoms with Gasteiger partial charge >= 0.3 is 0 Å². The molecule has 0 aliphatic rings. The van der Waals surface area contributed by atoms with Crippen LogP contribution in [0.4, 0.5) is 0 Å². The monoisotopic (exact) mass is 127 g/mol. The van der Waals surface area contributed by atoms with Crippen molar-refractivity contribution in [3.8, 4) is 0 Å². The molecule has 0 saturated carbocycles. The molecule has 0 bridgehead atoms. The lowest BCUT2D eigenvalue weighted by Crippen LogP contribution is -1.89. The third-order valence-corrected chi connectivity index (χ3v) is 1.00. The Morgan fingerprint density at radius 2 is 2.11 bits per heavy atom. The van der Waals surface area contributed by atoms with E-state index >= 15 is 0 Å². The molecule has 1 heteroatoms. The zero-order chi connectivity index (χ0) is 7.11. The summed E-state index contributed by atoms with van der Waals surface area (Å²) in [5, 5.41) is 0. The van der Waals surface area contributed by atoms with E-state index in [9.17, 15) is 0 Å². The number of hydrogen-bond donors (Lipinski definition) is 0. The van der Waals surface area contributed by atoms with Crippen LogP contribution in [0.25, 0.3) is 0 Å². The maximum absolute atomic E-state index is 5.24. The quantitative estimate of drug-likeness (QED) is 0.527. The smallest absolute Gasteiger partial charge is 0.0954 e. The summed E-state index contributed by atoms with van der Waals surface area (Å²) in [7, 11) is 0. The molecular weight excluding hydrogens is 112 g/mol. The van der Waals surface area contributed by atoms with Crippen LogP contribution in [0.2, 0.25) is 0 Å². The molecule has 0 heterocycles. The van der Waals surface area contributed by atoms with Crippen molar-refractivity contribution in [2.24, 2.45) is 0 Å². The lowest BCUT2D eigenvalue weighted by Gasteiger charge is -2.03. The Bertz CT molecular complexity index is 84.6. The second kappa shape index (κ2) is 5.67. The summed E-state index contributed by atoms with van der Waals surface area (Å²) < 4.78 is 5.24. The molecule has 0 rings (SSSR count). The maximum atomic E-state index is 5.24. The van der Waals surface area contributed by atoms with Gasteiger partial charge in [-0.25, -0.2) is 0 Å². The van der Waals surface area contributed by atoms with Crippen molar-refractivity contribution < 1.29 is 4.74 Å². The minimum Gasteiger partial charge on any atom is -0.498 e. The molecule has 1 nitrogen and oxygen atoms in total. The summed E-state index contributed by atoms with van der Waals surface area (Å²) in [6.07, 6.45) is 5.09. The van der Waals surface area contributed by atoms with E-state index in [1.165, 1.54) is 0 Å². The van der Waals surface area contributed by atoms with Crippen LogP contribution < -0.4 is 0 Å². The van der Waals surface area contributed by atoms with Crippen LogP contribution in [0.3, 0.4) is 0 Å². The summed E-state index contributed by atoms with van der Waals surface area (Å²) in [5.74, 6) is 1.00. The van der Waals surface area contributed by atoms with Crippen LogP contribution in [0, 0.1) is 6.42 Å². The normalized spacial score (nSPS) is 11.7. The average Bonchev–Trinajstić information content (AvgIpc) is 1.88. The maximum Gasteiger partial charge on any atom is 0.0954 e. The molecule has 0 aliphatic carbocycles. The molecule has 0 unspecified atom stereocenters. The predicted octanol–water partition coefficient (Wildman–Crippen LogP) is 2.54. The highest BCUT2D eigenvalue weighted by Gasteiger charge is 1.89. The van der Waals surface area contributed by atoms with E-state index in [-0.39, 0.29) is 0 Å². The lowest BCUT2D eigenvalue weighted by molar-refractivity contribution is 0.235. The molecular formula is C8H15O. The van der Waals surface area contributed by atoms with E-state index in [1.54, 1.807) is 0 Å². The van der Waals surface area contributed by atoms with E-state index < -0.39 is 0 Å². The lowest BCUT2D eigenvalue weighted by atomic mass is 10.3. The van der Waals surface area contributed by atoms with Gasteiger partial charge in [0, 0.05) is 6.42 Å². The van der Waals surface area contributed by atoms with Crippen LogP contribution >= 0.6 is 0 Å². The van der Waals surface area contributed by atoms with E-state index in [0.717, 1.165) is 18.8 Å².